The monoisotopic (exact) mass is 393 g/mol. The predicted octanol–water partition coefficient (Wildman–Crippen LogP) is 3.50. The fourth-order valence-electron chi connectivity index (χ4n) is 3.76. The van der Waals surface area contributed by atoms with Gasteiger partial charge in [-0.1, -0.05) is 44.2 Å². The summed E-state index contributed by atoms with van der Waals surface area (Å²) in [6, 6.07) is 16.4. The lowest BCUT2D eigenvalue weighted by atomic mass is 9.93. The van der Waals surface area contributed by atoms with E-state index in [-0.39, 0.29) is 36.6 Å². The summed E-state index contributed by atoms with van der Waals surface area (Å²) in [4.78, 5) is 39.3. The van der Waals surface area contributed by atoms with Crippen LogP contribution in [0.15, 0.2) is 54.6 Å². The van der Waals surface area contributed by atoms with E-state index in [9.17, 15) is 14.4 Å². The summed E-state index contributed by atoms with van der Waals surface area (Å²) in [6.45, 7) is 4.39. The van der Waals surface area contributed by atoms with Gasteiger partial charge in [0.25, 0.3) is 11.8 Å². The van der Waals surface area contributed by atoms with E-state index >= 15 is 0 Å². The average Bonchev–Trinajstić information content (AvgIpc) is 2.93. The minimum atomic E-state index is -0.277. The molecular formula is C23H27N3O3. The van der Waals surface area contributed by atoms with Crippen molar-refractivity contribution >= 4 is 23.4 Å². The molecule has 152 valence electrons. The first-order valence-electron chi connectivity index (χ1n) is 9.90. The Morgan fingerprint density at radius 1 is 0.966 bits per heavy atom. The first kappa shape index (κ1) is 20.6. The van der Waals surface area contributed by atoms with Crippen molar-refractivity contribution in [3.8, 4) is 0 Å². The molecule has 29 heavy (non-hydrogen) atoms. The van der Waals surface area contributed by atoms with Gasteiger partial charge < -0.3 is 0 Å². The maximum Gasteiger partial charge on any atom is 0.261 e. The van der Waals surface area contributed by atoms with Gasteiger partial charge in [-0.2, -0.15) is 0 Å². The molecule has 3 amide bonds. The van der Waals surface area contributed by atoms with Crippen molar-refractivity contribution in [2.75, 3.05) is 18.6 Å². The third-order valence-corrected chi connectivity index (χ3v) is 5.03. The van der Waals surface area contributed by atoms with E-state index < -0.39 is 0 Å². The normalized spacial score (nSPS) is 14.1. The molecule has 2 aromatic carbocycles. The molecule has 0 spiro atoms. The number of carbonyl (C=O) groups is 3. The van der Waals surface area contributed by atoms with E-state index in [0.717, 1.165) is 12.1 Å². The summed E-state index contributed by atoms with van der Waals surface area (Å²) >= 11 is 0. The number of imide groups is 1. The number of carbonyl (C=O) groups excluding carboxylic acids is 3. The Labute approximate surface area is 171 Å². The number of hydrazine groups is 1. The fourth-order valence-corrected chi connectivity index (χ4v) is 3.76. The van der Waals surface area contributed by atoms with Gasteiger partial charge in [0.15, 0.2) is 0 Å². The van der Waals surface area contributed by atoms with Crippen LogP contribution in [0, 0.1) is 11.8 Å². The zero-order chi connectivity index (χ0) is 21.0. The number of amides is 3. The molecule has 1 N–H and O–H groups in total. The highest BCUT2D eigenvalue weighted by Gasteiger charge is 2.36. The van der Waals surface area contributed by atoms with Gasteiger partial charge in [-0.3, -0.25) is 29.7 Å². The Hall–Kier alpha value is -3.15. The molecule has 1 atom stereocenters. The van der Waals surface area contributed by atoms with E-state index in [0.29, 0.717) is 17.0 Å². The average molecular weight is 393 g/mol. The molecule has 0 fully saturated rings. The number of hydrogen-bond acceptors (Lipinski definition) is 4. The number of hydrogen-bond donors (Lipinski definition) is 1. The van der Waals surface area contributed by atoms with Crippen LogP contribution in [-0.2, 0) is 4.79 Å². The van der Waals surface area contributed by atoms with E-state index in [2.05, 4.69) is 19.3 Å². The molecule has 1 aliphatic heterocycles. The topological polar surface area (TPSA) is 69.7 Å². The van der Waals surface area contributed by atoms with Gasteiger partial charge in [-0.05, 0) is 42.5 Å². The standard InChI is InChI=1S/C23H27N3O3/c1-16(2)13-17(14-21(27)24-25(3)18-9-5-4-6-10-18)15-26-22(28)19-11-7-8-12-20(19)23(26)29/h4-12,16-17H,13-15H2,1-3H3,(H,24,27)/t17-/m0/s1. The Balaban J connectivity index is 1.66. The maximum atomic E-state index is 12.7. The molecule has 6 heteroatoms. The van der Waals surface area contributed by atoms with Gasteiger partial charge in [0.1, 0.15) is 0 Å². The van der Waals surface area contributed by atoms with Crippen molar-refractivity contribution in [1.29, 1.82) is 0 Å². The minimum absolute atomic E-state index is 0.110. The Bertz CT molecular complexity index is 860. The molecule has 1 aliphatic rings. The molecule has 0 aliphatic carbocycles. The van der Waals surface area contributed by atoms with Gasteiger partial charge in [0.05, 0.1) is 16.8 Å². The number of nitrogens with zero attached hydrogens (tertiary/aromatic N) is 2. The summed E-state index contributed by atoms with van der Waals surface area (Å²) in [5, 5.41) is 1.68. The number of fused-ring (bicyclic) bond motifs is 1. The van der Waals surface area contributed by atoms with E-state index in [1.165, 1.54) is 4.90 Å². The molecule has 3 rings (SSSR count). The number of anilines is 1. The van der Waals surface area contributed by atoms with Crippen LogP contribution in [0.4, 0.5) is 5.69 Å². The number of para-hydroxylation sites is 1. The summed E-state index contributed by atoms with van der Waals surface area (Å²) in [6.07, 6.45) is 0.985. The van der Waals surface area contributed by atoms with Gasteiger partial charge >= 0.3 is 0 Å². The number of rotatable bonds is 8. The molecule has 2 aromatic rings. The lowest BCUT2D eigenvalue weighted by Crippen LogP contribution is -2.42. The third kappa shape index (κ3) is 4.83. The van der Waals surface area contributed by atoms with Crippen LogP contribution in [0.1, 0.15) is 47.4 Å². The predicted molar refractivity (Wildman–Crippen MR) is 112 cm³/mol. The first-order chi connectivity index (χ1) is 13.9. The molecule has 0 bridgehead atoms. The Morgan fingerprint density at radius 3 is 2.07 bits per heavy atom. The van der Waals surface area contributed by atoms with Crippen molar-refractivity contribution in [2.24, 2.45) is 11.8 Å². The van der Waals surface area contributed by atoms with Gasteiger partial charge in [0.2, 0.25) is 5.91 Å². The zero-order valence-corrected chi connectivity index (χ0v) is 17.1. The smallest absolute Gasteiger partial charge is 0.261 e. The van der Waals surface area contributed by atoms with E-state index in [1.54, 1.807) is 36.3 Å². The third-order valence-electron chi connectivity index (χ3n) is 5.03. The molecule has 0 saturated carbocycles. The summed E-state index contributed by atoms with van der Waals surface area (Å²) in [5.41, 5.74) is 4.62. The lowest BCUT2D eigenvalue weighted by molar-refractivity contribution is -0.122. The van der Waals surface area contributed by atoms with E-state index in [4.69, 9.17) is 0 Å². The van der Waals surface area contributed by atoms with Crippen molar-refractivity contribution in [3.63, 3.8) is 0 Å². The van der Waals surface area contributed by atoms with E-state index in [1.807, 2.05) is 30.3 Å². The van der Waals surface area contributed by atoms with Crippen LogP contribution in [0.3, 0.4) is 0 Å². The molecule has 0 saturated heterocycles. The molecule has 0 aromatic heterocycles. The zero-order valence-electron chi connectivity index (χ0n) is 17.1. The van der Waals surface area contributed by atoms with Crippen molar-refractivity contribution in [1.82, 2.24) is 10.3 Å². The highest BCUT2D eigenvalue weighted by molar-refractivity contribution is 6.21. The Morgan fingerprint density at radius 2 is 1.52 bits per heavy atom. The second-order valence-electron chi connectivity index (χ2n) is 7.90. The second-order valence-corrected chi connectivity index (χ2v) is 7.90. The van der Waals surface area contributed by atoms with Gasteiger partial charge in [-0.25, -0.2) is 0 Å². The number of nitrogens with one attached hydrogen (secondary N) is 1. The van der Waals surface area contributed by atoms with Crippen LogP contribution in [0.5, 0.6) is 0 Å². The SMILES string of the molecule is CC(C)C[C@@H](CC(=O)NN(C)c1ccccc1)CN1C(=O)c2ccccc2C1=O. The summed E-state index contributed by atoms with van der Waals surface area (Å²) < 4.78 is 0. The maximum absolute atomic E-state index is 12.7. The highest BCUT2D eigenvalue weighted by atomic mass is 16.2. The lowest BCUT2D eigenvalue weighted by Gasteiger charge is -2.26. The molecule has 0 radical (unpaired) electrons. The van der Waals surface area contributed by atoms with Crippen molar-refractivity contribution in [3.05, 3.63) is 65.7 Å². The largest absolute Gasteiger partial charge is 0.289 e. The first-order valence-corrected chi connectivity index (χ1v) is 9.90. The number of benzene rings is 2. The Kier molecular flexibility index (Phi) is 6.32. The van der Waals surface area contributed by atoms with Crippen LogP contribution in [-0.4, -0.2) is 36.2 Å². The molecule has 6 nitrogen and oxygen atoms in total. The van der Waals surface area contributed by atoms with Crippen LogP contribution in [0.25, 0.3) is 0 Å². The van der Waals surface area contributed by atoms with Crippen molar-refractivity contribution < 1.29 is 14.4 Å². The second kappa shape index (κ2) is 8.90. The van der Waals surface area contributed by atoms with Crippen LogP contribution < -0.4 is 10.4 Å². The minimum Gasteiger partial charge on any atom is -0.289 e. The van der Waals surface area contributed by atoms with Crippen LogP contribution in [0.2, 0.25) is 0 Å². The summed E-state index contributed by atoms with van der Waals surface area (Å²) in [7, 11) is 1.79. The quantitative estimate of drug-likeness (QED) is 0.550. The van der Waals surface area contributed by atoms with Gasteiger partial charge in [-0.15, -0.1) is 0 Å². The van der Waals surface area contributed by atoms with Gasteiger partial charge in [0, 0.05) is 20.0 Å². The molecule has 0 unspecified atom stereocenters. The molecule has 1 heterocycles. The fraction of sp³-hybridized carbons (Fsp3) is 0.348. The van der Waals surface area contributed by atoms with Crippen molar-refractivity contribution in [2.45, 2.75) is 26.7 Å². The molecular weight excluding hydrogens is 366 g/mol. The highest BCUT2D eigenvalue weighted by Crippen LogP contribution is 2.26. The summed E-state index contributed by atoms with van der Waals surface area (Å²) in [5.74, 6) is -0.461. The van der Waals surface area contributed by atoms with Crippen LogP contribution >= 0.6 is 0 Å².